The Bertz CT molecular complexity index is 1100. The van der Waals surface area contributed by atoms with Crippen molar-refractivity contribution in [1.29, 1.82) is 0 Å². The Morgan fingerprint density at radius 2 is 2.03 bits per heavy atom. The molecule has 8 atom stereocenters. The molecule has 0 amide bonds. The van der Waals surface area contributed by atoms with Crippen molar-refractivity contribution in [2.75, 3.05) is 5.75 Å². The van der Waals surface area contributed by atoms with Gasteiger partial charge in [0.1, 0.15) is 11.9 Å². The first-order valence-corrected chi connectivity index (χ1v) is 14.2. The fraction of sp³-hybridized carbons (Fsp3) is 0.621. The van der Waals surface area contributed by atoms with Gasteiger partial charge in [-0.3, -0.25) is 9.59 Å². The third kappa shape index (κ3) is 4.71. The Kier molecular flexibility index (Phi) is 7.56. The molecule has 0 aromatic heterocycles. The van der Waals surface area contributed by atoms with Gasteiger partial charge in [0.25, 0.3) is 0 Å². The number of aliphatic hydroxyl groups excluding tert-OH is 1. The Balaban J connectivity index is 1.64. The highest BCUT2D eigenvalue weighted by Gasteiger charge is 2.68. The van der Waals surface area contributed by atoms with Crippen molar-refractivity contribution in [2.24, 2.45) is 50.5 Å². The van der Waals surface area contributed by atoms with Crippen LogP contribution in [0.4, 0.5) is 5.69 Å². The van der Waals surface area contributed by atoms with Crippen LogP contribution in [-0.4, -0.2) is 40.8 Å². The number of benzene rings is 1. The van der Waals surface area contributed by atoms with Gasteiger partial charge >= 0.3 is 5.97 Å². The fourth-order valence-corrected chi connectivity index (χ4v) is 8.36. The predicted molar refractivity (Wildman–Crippen MR) is 147 cm³/mol. The van der Waals surface area contributed by atoms with Crippen molar-refractivity contribution in [3.05, 3.63) is 36.9 Å². The van der Waals surface area contributed by atoms with Crippen molar-refractivity contribution < 1.29 is 19.4 Å². The first-order valence-electron chi connectivity index (χ1n) is 13.2. The second-order valence-electron chi connectivity index (χ2n) is 11.9. The van der Waals surface area contributed by atoms with Crippen LogP contribution in [0, 0.1) is 34.0 Å². The summed E-state index contributed by atoms with van der Waals surface area (Å²) in [7, 11) is 0. The third-order valence-electron chi connectivity index (χ3n) is 10.0. The molecule has 2 bridgehead atoms. The van der Waals surface area contributed by atoms with Crippen molar-refractivity contribution in [3.8, 4) is 0 Å². The molecule has 3 fully saturated rings. The van der Waals surface area contributed by atoms with Gasteiger partial charge < -0.3 is 21.3 Å². The molecule has 0 radical (unpaired) electrons. The standard InChI is InChI=1S/C29H41N3O4S/c1-6-27(4)15-22(36-23(34)16-37-20-9-7-8-19(14-20)32-26(30)31)28(5)17(2)10-12-29(18(3)25(27)35)13-11-21(33)24(28)29/h6-9,14,17-18,22,24-25,35H,1,10-13,15-16H2,2-5H3,(H4,30,31,32)/t17-,18+,22-,24?,25+,27-,28+,29+/m1/s1. The summed E-state index contributed by atoms with van der Waals surface area (Å²) in [5, 5.41) is 11.6. The number of aliphatic hydroxyl groups is 1. The number of carbonyl (C=O) groups is 2. The summed E-state index contributed by atoms with van der Waals surface area (Å²) in [6.07, 6.45) is 4.22. The zero-order valence-electron chi connectivity index (χ0n) is 22.4. The van der Waals surface area contributed by atoms with Gasteiger partial charge in [-0.15, -0.1) is 18.3 Å². The maximum absolute atomic E-state index is 13.5. The molecular formula is C29H41N3O4S. The van der Waals surface area contributed by atoms with Gasteiger partial charge in [-0.2, -0.15) is 0 Å². The van der Waals surface area contributed by atoms with Crippen LogP contribution in [0.25, 0.3) is 0 Å². The maximum atomic E-state index is 13.5. The van der Waals surface area contributed by atoms with Crippen LogP contribution in [0.2, 0.25) is 0 Å². The van der Waals surface area contributed by atoms with Crippen molar-refractivity contribution in [1.82, 2.24) is 0 Å². The number of aliphatic imine (C=N–C) groups is 1. The first-order chi connectivity index (χ1) is 17.4. The lowest BCUT2D eigenvalue weighted by atomic mass is 9.44. The van der Waals surface area contributed by atoms with E-state index in [1.807, 2.05) is 31.2 Å². The molecule has 8 heteroatoms. The van der Waals surface area contributed by atoms with E-state index in [0.29, 0.717) is 18.5 Å². The maximum Gasteiger partial charge on any atom is 0.316 e. The van der Waals surface area contributed by atoms with Gasteiger partial charge in [0.05, 0.1) is 17.5 Å². The minimum atomic E-state index is -0.676. The molecule has 3 aliphatic carbocycles. The number of thioether (sulfide) groups is 1. The van der Waals surface area contributed by atoms with E-state index in [1.54, 1.807) is 6.07 Å². The minimum absolute atomic E-state index is 0.0278. The fourth-order valence-electron chi connectivity index (χ4n) is 7.63. The van der Waals surface area contributed by atoms with Crippen LogP contribution >= 0.6 is 11.8 Å². The highest BCUT2D eigenvalue weighted by atomic mass is 32.2. The SMILES string of the molecule is C=C[C@]1(C)C[C@@H](OC(=O)CSc2cccc(N=C(N)N)c2)[C@@]2(C)C3C(=O)CC[C@@]3(CC[C@H]2C)[C@@H](C)[C@@H]1O. The zero-order chi connectivity index (χ0) is 27.2. The topological polar surface area (TPSA) is 128 Å². The van der Waals surface area contributed by atoms with Gasteiger partial charge in [0.2, 0.25) is 0 Å². The summed E-state index contributed by atoms with van der Waals surface area (Å²) in [5.41, 5.74) is 10.1. The molecule has 0 saturated heterocycles. The number of nitrogens with zero attached hydrogens (tertiary/aromatic N) is 1. The number of guanidine groups is 1. The number of esters is 1. The number of hydrogen-bond donors (Lipinski definition) is 3. The number of Topliss-reactive ketones (excluding diaryl/α,β-unsaturated/α-hetero) is 1. The minimum Gasteiger partial charge on any atom is -0.461 e. The lowest BCUT2D eigenvalue weighted by molar-refractivity contribution is -0.205. The summed E-state index contributed by atoms with van der Waals surface area (Å²) in [4.78, 5) is 31.7. The van der Waals surface area contributed by atoms with Gasteiger partial charge in [0.15, 0.2) is 5.96 Å². The van der Waals surface area contributed by atoms with E-state index < -0.39 is 23.0 Å². The van der Waals surface area contributed by atoms with Gasteiger partial charge in [0, 0.05) is 28.1 Å². The summed E-state index contributed by atoms with van der Waals surface area (Å²) in [6, 6.07) is 7.33. The van der Waals surface area contributed by atoms with E-state index in [-0.39, 0.29) is 46.6 Å². The third-order valence-corrected chi connectivity index (χ3v) is 11.0. The normalized spacial score (nSPS) is 39.2. The Morgan fingerprint density at radius 3 is 2.70 bits per heavy atom. The van der Waals surface area contributed by atoms with E-state index in [4.69, 9.17) is 16.2 Å². The molecular weight excluding hydrogens is 486 g/mol. The average Bonchev–Trinajstić information content (AvgIpc) is 3.21. The van der Waals surface area contributed by atoms with Crippen LogP contribution in [-0.2, 0) is 14.3 Å². The second-order valence-corrected chi connectivity index (χ2v) is 12.9. The quantitative estimate of drug-likeness (QED) is 0.162. The van der Waals surface area contributed by atoms with E-state index >= 15 is 0 Å². The smallest absolute Gasteiger partial charge is 0.316 e. The summed E-state index contributed by atoms with van der Waals surface area (Å²) < 4.78 is 6.30. The van der Waals surface area contributed by atoms with Crippen molar-refractivity contribution >= 4 is 35.2 Å². The lowest BCUT2D eigenvalue weighted by Gasteiger charge is -2.61. The molecule has 37 heavy (non-hydrogen) atoms. The number of ketones is 1. The van der Waals surface area contributed by atoms with E-state index in [0.717, 1.165) is 24.2 Å². The van der Waals surface area contributed by atoms with Crippen LogP contribution in [0.3, 0.4) is 0 Å². The molecule has 5 N–H and O–H groups in total. The summed E-state index contributed by atoms with van der Waals surface area (Å²) in [6.45, 7) is 12.5. The number of rotatable bonds is 6. The molecule has 1 aromatic carbocycles. The van der Waals surface area contributed by atoms with E-state index in [2.05, 4.69) is 32.3 Å². The average molecular weight is 528 g/mol. The van der Waals surface area contributed by atoms with Gasteiger partial charge in [-0.1, -0.05) is 39.8 Å². The van der Waals surface area contributed by atoms with Gasteiger partial charge in [-0.05, 0) is 61.1 Å². The monoisotopic (exact) mass is 527 g/mol. The molecule has 0 aliphatic heterocycles. The molecule has 202 valence electrons. The molecule has 0 heterocycles. The summed E-state index contributed by atoms with van der Waals surface area (Å²) in [5.74, 6) is -0.0901. The lowest BCUT2D eigenvalue weighted by Crippen LogP contribution is -2.63. The first kappa shape index (κ1) is 27.7. The largest absolute Gasteiger partial charge is 0.461 e. The van der Waals surface area contributed by atoms with E-state index in [9.17, 15) is 14.7 Å². The number of nitrogens with two attached hydrogens (primary N) is 2. The van der Waals surface area contributed by atoms with Crippen molar-refractivity contribution in [3.63, 3.8) is 0 Å². The number of hydrogen-bond acceptors (Lipinski definition) is 6. The van der Waals surface area contributed by atoms with Crippen molar-refractivity contribution in [2.45, 2.75) is 76.9 Å². The molecule has 1 unspecified atom stereocenters. The van der Waals surface area contributed by atoms with Gasteiger partial charge in [-0.25, -0.2) is 4.99 Å². The number of carbonyl (C=O) groups excluding carboxylic acids is 2. The molecule has 3 aliphatic rings. The molecule has 0 spiro atoms. The summed E-state index contributed by atoms with van der Waals surface area (Å²) >= 11 is 1.35. The Hall–Kier alpha value is -2.32. The number of ether oxygens (including phenoxy) is 1. The Morgan fingerprint density at radius 1 is 1.30 bits per heavy atom. The predicted octanol–water partition coefficient (Wildman–Crippen LogP) is 4.59. The molecule has 1 aromatic rings. The highest BCUT2D eigenvalue weighted by molar-refractivity contribution is 8.00. The zero-order valence-corrected chi connectivity index (χ0v) is 23.2. The van der Waals surface area contributed by atoms with Crippen LogP contribution in [0.5, 0.6) is 0 Å². The molecule has 4 rings (SSSR count). The van der Waals surface area contributed by atoms with E-state index in [1.165, 1.54) is 11.8 Å². The molecule has 3 saturated carbocycles. The van der Waals surface area contributed by atoms with Crippen LogP contribution < -0.4 is 11.5 Å². The van der Waals surface area contributed by atoms with Crippen LogP contribution in [0.1, 0.15) is 59.8 Å². The second kappa shape index (κ2) is 10.1. The molecule has 7 nitrogen and oxygen atoms in total. The highest BCUT2D eigenvalue weighted by Crippen LogP contribution is 2.68. The van der Waals surface area contributed by atoms with Crippen LogP contribution in [0.15, 0.2) is 46.8 Å². The Labute approximate surface area is 224 Å².